The molecule has 1 atom stereocenters. The van der Waals surface area contributed by atoms with Crippen LogP contribution >= 0.6 is 0 Å². The molecule has 0 aromatic heterocycles. The molecule has 1 rings (SSSR count). The van der Waals surface area contributed by atoms with E-state index in [0.717, 1.165) is 6.42 Å². The molecule has 0 saturated carbocycles. The smallest absolute Gasteiger partial charge is 0.322 e. The van der Waals surface area contributed by atoms with Crippen molar-refractivity contribution in [2.75, 3.05) is 20.6 Å². The van der Waals surface area contributed by atoms with Gasteiger partial charge in [0.1, 0.15) is 0 Å². The van der Waals surface area contributed by atoms with Crippen molar-refractivity contribution in [2.45, 2.75) is 32.4 Å². The highest BCUT2D eigenvalue weighted by Gasteiger charge is 2.30. The molecule has 86 valence electrons. The van der Waals surface area contributed by atoms with Crippen LogP contribution in [0.25, 0.3) is 0 Å². The van der Waals surface area contributed by atoms with E-state index in [2.05, 4.69) is 0 Å². The third-order valence-electron chi connectivity index (χ3n) is 2.49. The molecule has 0 aliphatic carbocycles. The highest BCUT2D eigenvalue weighted by molar-refractivity contribution is 5.75. The van der Waals surface area contributed by atoms with Crippen LogP contribution < -0.4 is 0 Å². The summed E-state index contributed by atoms with van der Waals surface area (Å²) in [5, 5.41) is 0. The lowest BCUT2D eigenvalue weighted by Gasteiger charge is -2.36. The predicted octanol–water partition coefficient (Wildman–Crippen LogP) is 1.04. The van der Waals surface area contributed by atoms with E-state index in [9.17, 15) is 9.59 Å². The number of urea groups is 1. The predicted molar refractivity (Wildman–Crippen MR) is 55.2 cm³/mol. The van der Waals surface area contributed by atoms with Crippen molar-refractivity contribution in [3.63, 3.8) is 0 Å². The van der Waals surface area contributed by atoms with Crippen molar-refractivity contribution in [2.24, 2.45) is 0 Å². The molecule has 0 bridgehead atoms. The molecular weight excluding hydrogens is 196 g/mol. The number of amides is 2. The lowest BCUT2D eigenvalue weighted by Crippen LogP contribution is -2.52. The van der Waals surface area contributed by atoms with Gasteiger partial charge in [0.05, 0.1) is 0 Å². The van der Waals surface area contributed by atoms with Gasteiger partial charge in [0.25, 0.3) is 0 Å². The molecule has 1 saturated heterocycles. The van der Waals surface area contributed by atoms with Crippen LogP contribution in [-0.2, 0) is 9.53 Å². The molecule has 0 N–H and O–H groups in total. The largest absolute Gasteiger partial charge is 0.441 e. The van der Waals surface area contributed by atoms with Gasteiger partial charge in [0, 0.05) is 33.5 Å². The zero-order valence-electron chi connectivity index (χ0n) is 9.52. The van der Waals surface area contributed by atoms with Crippen LogP contribution in [-0.4, -0.2) is 48.7 Å². The second kappa shape index (κ2) is 5.00. The maximum absolute atomic E-state index is 11.5. The van der Waals surface area contributed by atoms with Crippen molar-refractivity contribution in [3.8, 4) is 0 Å². The average molecular weight is 214 g/mol. The molecule has 5 heteroatoms. The summed E-state index contributed by atoms with van der Waals surface area (Å²) in [6, 6.07) is -0.101. The Morgan fingerprint density at radius 2 is 2.20 bits per heavy atom. The lowest BCUT2D eigenvalue weighted by molar-refractivity contribution is -0.158. The van der Waals surface area contributed by atoms with Gasteiger partial charge in [-0.1, -0.05) is 6.92 Å². The Balaban J connectivity index is 2.49. The Bertz CT molecular complexity index is 255. The molecule has 0 spiro atoms. The van der Waals surface area contributed by atoms with E-state index in [1.54, 1.807) is 19.0 Å². The Morgan fingerprint density at radius 3 is 2.80 bits per heavy atom. The quantitative estimate of drug-likeness (QED) is 0.660. The topological polar surface area (TPSA) is 49.9 Å². The summed E-state index contributed by atoms with van der Waals surface area (Å²) in [4.78, 5) is 25.9. The van der Waals surface area contributed by atoms with Crippen molar-refractivity contribution in [3.05, 3.63) is 0 Å². The molecular formula is C10H18N2O3. The van der Waals surface area contributed by atoms with Gasteiger partial charge in [0.15, 0.2) is 6.23 Å². The molecule has 1 fully saturated rings. The maximum Gasteiger partial charge on any atom is 0.322 e. The molecule has 1 aliphatic rings. The third kappa shape index (κ3) is 2.84. The molecule has 15 heavy (non-hydrogen) atoms. The minimum Gasteiger partial charge on any atom is -0.441 e. The van der Waals surface area contributed by atoms with Crippen LogP contribution in [0.4, 0.5) is 4.79 Å². The monoisotopic (exact) mass is 214 g/mol. The second-order valence-corrected chi connectivity index (χ2v) is 3.80. The first-order valence-electron chi connectivity index (χ1n) is 5.23. The fourth-order valence-electron chi connectivity index (χ4n) is 1.54. The van der Waals surface area contributed by atoms with Gasteiger partial charge in [0.2, 0.25) is 0 Å². The van der Waals surface area contributed by atoms with E-state index in [1.807, 2.05) is 6.92 Å². The van der Waals surface area contributed by atoms with Crippen molar-refractivity contribution in [1.29, 1.82) is 0 Å². The van der Waals surface area contributed by atoms with E-state index in [0.29, 0.717) is 19.4 Å². The normalized spacial score (nSPS) is 21.8. The summed E-state index contributed by atoms with van der Waals surface area (Å²) in [5.41, 5.74) is 0. The van der Waals surface area contributed by atoms with Gasteiger partial charge < -0.3 is 9.64 Å². The first kappa shape index (κ1) is 11.8. The van der Waals surface area contributed by atoms with Crippen LogP contribution in [0.3, 0.4) is 0 Å². The standard InChI is InChI=1S/C10H18N2O3/c1-4-5-9(13)15-8-6-7-11(2)10(14)12(8)3/h8H,4-7H2,1-3H3. The van der Waals surface area contributed by atoms with Crippen LogP contribution in [0.5, 0.6) is 0 Å². The van der Waals surface area contributed by atoms with Gasteiger partial charge in [-0.2, -0.15) is 0 Å². The molecule has 1 unspecified atom stereocenters. The summed E-state index contributed by atoms with van der Waals surface area (Å²) in [6.07, 6.45) is 1.46. The van der Waals surface area contributed by atoms with Crippen molar-refractivity contribution in [1.82, 2.24) is 9.80 Å². The van der Waals surface area contributed by atoms with Gasteiger partial charge in [-0.05, 0) is 6.42 Å². The summed E-state index contributed by atoms with van der Waals surface area (Å²) in [7, 11) is 3.39. The minimum absolute atomic E-state index is 0.101. The van der Waals surface area contributed by atoms with Gasteiger partial charge >= 0.3 is 12.0 Å². The van der Waals surface area contributed by atoms with Gasteiger partial charge in [-0.3, -0.25) is 9.69 Å². The summed E-state index contributed by atoms with van der Waals surface area (Å²) in [5.74, 6) is -0.230. The molecule has 2 amide bonds. The zero-order chi connectivity index (χ0) is 11.4. The number of nitrogens with zero attached hydrogens (tertiary/aromatic N) is 2. The van der Waals surface area contributed by atoms with Crippen molar-refractivity contribution < 1.29 is 14.3 Å². The van der Waals surface area contributed by atoms with E-state index in [1.165, 1.54) is 4.90 Å². The van der Waals surface area contributed by atoms with Gasteiger partial charge in [-0.25, -0.2) is 4.79 Å². The number of hydrogen-bond donors (Lipinski definition) is 0. The Labute approximate surface area is 90.0 Å². The van der Waals surface area contributed by atoms with Crippen LogP contribution in [0, 0.1) is 0 Å². The fourth-order valence-corrected chi connectivity index (χ4v) is 1.54. The van der Waals surface area contributed by atoms with Crippen LogP contribution in [0.2, 0.25) is 0 Å². The third-order valence-corrected chi connectivity index (χ3v) is 2.49. The molecule has 1 heterocycles. The molecule has 1 aliphatic heterocycles. The Kier molecular flexibility index (Phi) is 3.94. The highest BCUT2D eigenvalue weighted by Crippen LogP contribution is 2.14. The number of esters is 1. The Hall–Kier alpha value is -1.26. The highest BCUT2D eigenvalue weighted by atomic mass is 16.6. The SMILES string of the molecule is CCCC(=O)OC1CCN(C)C(=O)N1C. The number of carbonyl (C=O) groups excluding carboxylic acids is 2. The number of rotatable bonds is 3. The van der Waals surface area contributed by atoms with E-state index in [-0.39, 0.29) is 12.0 Å². The molecule has 0 aromatic carbocycles. The minimum atomic E-state index is -0.396. The van der Waals surface area contributed by atoms with E-state index in [4.69, 9.17) is 4.74 Å². The van der Waals surface area contributed by atoms with Crippen LogP contribution in [0.1, 0.15) is 26.2 Å². The summed E-state index contributed by atoms with van der Waals surface area (Å²) < 4.78 is 5.20. The summed E-state index contributed by atoms with van der Waals surface area (Å²) in [6.45, 7) is 2.55. The summed E-state index contributed by atoms with van der Waals surface area (Å²) >= 11 is 0. The first-order valence-corrected chi connectivity index (χ1v) is 5.23. The first-order chi connectivity index (χ1) is 7.06. The molecule has 0 aromatic rings. The van der Waals surface area contributed by atoms with E-state index < -0.39 is 6.23 Å². The maximum atomic E-state index is 11.5. The second-order valence-electron chi connectivity index (χ2n) is 3.80. The lowest BCUT2D eigenvalue weighted by atomic mass is 10.2. The number of carbonyl (C=O) groups is 2. The van der Waals surface area contributed by atoms with Crippen molar-refractivity contribution >= 4 is 12.0 Å². The number of ether oxygens (including phenoxy) is 1. The fraction of sp³-hybridized carbons (Fsp3) is 0.800. The number of hydrogen-bond acceptors (Lipinski definition) is 3. The molecule has 0 radical (unpaired) electrons. The van der Waals surface area contributed by atoms with Gasteiger partial charge in [-0.15, -0.1) is 0 Å². The molecule has 5 nitrogen and oxygen atoms in total. The van der Waals surface area contributed by atoms with E-state index >= 15 is 0 Å². The zero-order valence-corrected chi connectivity index (χ0v) is 9.52. The average Bonchev–Trinajstić information content (AvgIpc) is 2.20. The Morgan fingerprint density at radius 1 is 1.53 bits per heavy atom. The van der Waals surface area contributed by atoms with Crippen LogP contribution in [0.15, 0.2) is 0 Å².